The second-order valence-corrected chi connectivity index (χ2v) is 9.00. The molecule has 2 fully saturated rings. The lowest BCUT2D eigenvalue weighted by atomic mass is 10.1. The van der Waals surface area contributed by atoms with Crippen molar-refractivity contribution in [2.45, 2.75) is 64.1 Å². The lowest BCUT2D eigenvalue weighted by molar-refractivity contribution is 0.201. The summed E-state index contributed by atoms with van der Waals surface area (Å²) in [5.41, 5.74) is 1.13. The summed E-state index contributed by atoms with van der Waals surface area (Å²) in [6, 6.07) is 8.85. The Morgan fingerprint density at radius 3 is 2.74 bits per heavy atom. The van der Waals surface area contributed by atoms with Gasteiger partial charge in [0.15, 0.2) is 5.96 Å². The summed E-state index contributed by atoms with van der Waals surface area (Å²) in [6.07, 6.45) is 9.21. The summed E-state index contributed by atoms with van der Waals surface area (Å²) in [7, 11) is 0. The van der Waals surface area contributed by atoms with Crippen molar-refractivity contribution >= 4 is 46.3 Å². The molecule has 0 radical (unpaired) electrons. The second-order valence-electron chi connectivity index (χ2n) is 8.08. The van der Waals surface area contributed by atoms with Crippen LogP contribution < -0.4 is 20.3 Å². The molecule has 3 heterocycles. The molecule has 0 spiro atoms. The molecule has 1 aliphatic carbocycles. The molecule has 31 heavy (non-hydrogen) atoms. The van der Waals surface area contributed by atoms with Crippen molar-refractivity contribution in [3.63, 3.8) is 0 Å². The Labute approximate surface area is 206 Å². The second kappa shape index (κ2) is 12.5. The van der Waals surface area contributed by atoms with Gasteiger partial charge in [-0.1, -0.05) is 0 Å². The van der Waals surface area contributed by atoms with Crippen LogP contribution in [0.4, 0.5) is 5.00 Å². The van der Waals surface area contributed by atoms with E-state index in [4.69, 9.17) is 9.73 Å². The highest BCUT2D eigenvalue weighted by Gasteiger charge is 2.21. The zero-order chi connectivity index (χ0) is 20.6. The van der Waals surface area contributed by atoms with E-state index in [1.54, 1.807) is 0 Å². The third-order valence-corrected chi connectivity index (χ3v) is 6.74. The van der Waals surface area contributed by atoms with Gasteiger partial charge in [0.1, 0.15) is 6.10 Å². The van der Waals surface area contributed by atoms with Gasteiger partial charge in [0.25, 0.3) is 0 Å². The van der Waals surface area contributed by atoms with E-state index >= 15 is 0 Å². The summed E-state index contributed by atoms with van der Waals surface area (Å²) in [5, 5.41) is 10.6. The molecule has 6 nitrogen and oxygen atoms in total. The first-order valence-corrected chi connectivity index (χ1v) is 12.1. The molecule has 4 rings (SSSR count). The van der Waals surface area contributed by atoms with Crippen LogP contribution in [0.15, 0.2) is 40.8 Å². The highest BCUT2D eigenvalue weighted by molar-refractivity contribution is 14.0. The van der Waals surface area contributed by atoms with E-state index in [0.29, 0.717) is 18.7 Å². The predicted octanol–water partition coefficient (Wildman–Crippen LogP) is 4.81. The van der Waals surface area contributed by atoms with Crippen molar-refractivity contribution in [3.8, 4) is 5.88 Å². The zero-order valence-electron chi connectivity index (χ0n) is 18.3. The van der Waals surface area contributed by atoms with Crippen molar-refractivity contribution < 1.29 is 4.74 Å². The van der Waals surface area contributed by atoms with Crippen LogP contribution >= 0.6 is 35.3 Å². The van der Waals surface area contributed by atoms with Crippen LogP contribution in [0.5, 0.6) is 5.88 Å². The number of guanidine groups is 1. The summed E-state index contributed by atoms with van der Waals surface area (Å²) in [6.45, 7) is 5.75. The lowest BCUT2D eigenvalue weighted by Gasteiger charge is -2.33. The van der Waals surface area contributed by atoms with E-state index in [2.05, 4.69) is 45.0 Å². The van der Waals surface area contributed by atoms with Crippen LogP contribution in [-0.2, 0) is 6.54 Å². The number of thiophene rings is 1. The minimum atomic E-state index is 0. The third kappa shape index (κ3) is 7.24. The number of nitrogens with one attached hydrogen (secondary N) is 2. The number of aliphatic imine (C=N–C) groups is 1. The quantitative estimate of drug-likeness (QED) is 0.292. The van der Waals surface area contributed by atoms with Gasteiger partial charge in [-0.05, 0) is 74.6 Å². The number of rotatable bonds is 7. The summed E-state index contributed by atoms with van der Waals surface area (Å²) in [4.78, 5) is 11.7. The van der Waals surface area contributed by atoms with E-state index in [-0.39, 0.29) is 24.0 Å². The third-order valence-electron chi connectivity index (χ3n) is 5.81. The fourth-order valence-corrected chi connectivity index (χ4v) is 4.95. The van der Waals surface area contributed by atoms with Gasteiger partial charge in [-0.15, -0.1) is 35.3 Å². The Kier molecular flexibility index (Phi) is 9.70. The molecular formula is C23H34IN5OS. The maximum atomic E-state index is 6.04. The first-order chi connectivity index (χ1) is 14.8. The maximum Gasteiger partial charge on any atom is 0.213 e. The molecule has 0 bridgehead atoms. The zero-order valence-corrected chi connectivity index (χ0v) is 21.4. The van der Waals surface area contributed by atoms with E-state index < -0.39 is 0 Å². The molecule has 2 aromatic rings. The van der Waals surface area contributed by atoms with Gasteiger partial charge >= 0.3 is 0 Å². The summed E-state index contributed by atoms with van der Waals surface area (Å²) in [5.74, 6) is 1.62. The van der Waals surface area contributed by atoms with E-state index in [0.717, 1.165) is 62.7 Å². The fraction of sp³-hybridized carbons (Fsp3) is 0.565. The van der Waals surface area contributed by atoms with Crippen molar-refractivity contribution in [2.75, 3.05) is 24.5 Å². The number of anilines is 1. The lowest BCUT2D eigenvalue weighted by Crippen LogP contribution is -2.48. The van der Waals surface area contributed by atoms with Crippen LogP contribution in [-0.4, -0.2) is 42.7 Å². The molecule has 2 aromatic heterocycles. The number of aromatic nitrogens is 1. The Morgan fingerprint density at radius 2 is 2.03 bits per heavy atom. The predicted molar refractivity (Wildman–Crippen MR) is 140 cm³/mol. The highest BCUT2D eigenvalue weighted by atomic mass is 127. The molecule has 0 unspecified atom stereocenters. The normalized spacial score (nSPS) is 18.0. The molecule has 0 amide bonds. The van der Waals surface area contributed by atoms with Gasteiger partial charge in [-0.3, -0.25) is 0 Å². The molecule has 0 aromatic carbocycles. The van der Waals surface area contributed by atoms with Crippen LogP contribution in [0.2, 0.25) is 0 Å². The Balaban J connectivity index is 0.00000272. The fourth-order valence-electron chi connectivity index (χ4n) is 4.17. The topological polar surface area (TPSA) is 61.8 Å². The molecule has 8 heteroatoms. The molecule has 1 saturated carbocycles. The van der Waals surface area contributed by atoms with Gasteiger partial charge in [0.2, 0.25) is 5.88 Å². The molecule has 1 saturated heterocycles. The molecule has 170 valence electrons. The van der Waals surface area contributed by atoms with Gasteiger partial charge in [0, 0.05) is 37.9 Å². The minimum Gasteiger partial charge on any atom is -0.474 e. The Morgan fingerprint density at radius 1 is 1.23 bits per heavy atom. The number of hydrogen-bond acceptors (Lipinski definition) is 5. The monoisotopic (exact) mass is 555 g/mol. The average molecular weight is 556 g/mol. The van der Waals surface area contributed by atoms with Gasteiger partial charge < -0.3 is 20.3 Å². The van der Waals surface area contributed by atoms with Gasteiger partial charge in [0.05, 0.1) is 11.5 Å². The van der Waals surface area contributed by atoms with Crippen molar-refractivity contribution in [1.29, 1.82) is 0 Å². The van der Waals surface area contributed by atoms with Gasteiger partial charge in [-0.25, -0.2) is 9.98 Å². The Hall–Kier alpha value is -1.55. The van der Waals surface area contributed by atoms with Crippen molar-refractivity contribution in [2.24, 2.45) is 4.99 Å². The molecule has 2 N–H and O–H groups in total. The highest BCUT2D eigenvalue weighted by Crippen LogP contribution is 2.25. The van der Waals surface area contributed by atoms with E-state index in [9.17, 15) is 0 Å². The number of hydrogen-bond donors (Lipinski definition) is 2. The number of halogens is 1. The van der Waals surface area contributed by atoms with Gasteiger partial charge in [-0.2, -0.15) is 0 Å². The maximum absolute atomic E-state index is 6.04. The number of piperidine rings is 1. The number of ether oxygens (including phenoxy) is 1. The van der Waals surface area contributed by atoms with E-state index in [1.165, 1.54) is 17.8 Å². The SMILES string of the molecule is CCNC(=NCc1ccnc(OC2CCCC2)c1)NC1CCN(c2cccs2)CC1.I. The van der Waals surface area contributed by atoms with Crippen LogP contribution in [0.3, 0.4) is 0 Å². The molecule has 1 aliphatic heterocycles. The first kappa shape index (κ1) is 24.1. The van der Waals surface area contributed by atoms with Crippen LogP contribution in [0.1, 0.15) is 51.0 Å². The smallest absolute Gasteiger partial charge is 0.213 e. The molecule has 0 atom stereocenters. The summed E-state index contributed by atoms with van der Waals surface area (Å²) >= 11 is 1.82. The number of pyridine rings is 1. The van der Waals surface area contributed by atoms with Crippen molar-refractivity contribution in [3.05, 3.63) is 41.4 Å². The van der Waals surface area contributed by atoms with Crippen LogP contribution in [0, 0.1) is 0 Å². The average Bonchev–Trinajstić information content (AvgIpc) is 3.48. The Bertz CT molecular complexity index is 802. The first-order valence-electron chi connectivity index (χ1n) is 11.2. The van der Waals surface area contributed by atoms with E-state index in [1.807, 2.05) is 29.7 Å². The largest absolute Gasteiger partial charge is 0.474 e. The molecule has 2 aliphatic rings. The van der Waals surface area contributed by atoms with Crippen LogP contribution in [0.25, 0.3) is 0 Å². The standard InChI is InChI=1S/C23H33N5OS.HI/c1-2-24-23(27-19-10-13-28(14-11-19)22-8-5-15-30-22)26-17-18-9-12-25-21(16-18)29-20-6-3-4-7-20;/h5,8-9,12,15-16,19-20H,2-4,6-7,10-11,13-14,17H2,1H3,(H2,24,26,27);1H. The summed E-state index contributed by atoms with van der Waals surface area (Å²) < 4.78 is 6.04. The molecular weight excluding hydrogens is 521 g/mol. The minimum absolute atomic E-state index is 0. The number of nitrogens with zero attached hydrogens (tertiary/aromatic N) is 3. The van der Waals surface area contributed by atoms with Crippen molar-refractivity contribution in [1.82, 2.24) is 15.6 Å².